The molecular weight excluding hydrogens is 635 g/mol. The Kier molecular flexibility index (Phi) is 7.55. The van der Waals surface area contributed by atoms with E-state index in [-0.39, 0.29) is 56.1 Å². The summed E-state index contributed by atoms with van der Waals surface area (Å²) < 4.78 is 75.5. The Bertz CT molecular complexity index is 1740. The number of carbonyl (C=O) groups is 2. The molecule has 2 N–H and O–H groups in total. The lowest BCUT2D eigenvalue weighted by Crippen LogP contribution is -2.39. The lowest BCUT2D eigenvalue weighted by Gasteiger charge is -2.33. The Hall–Kier alpha value is -4.02. The maximum absolute atomic E-state index is 14.1. The van der Waals surface area contributed by atoms with Crippen LogP contribution < -0.4 is 10.6 Å². The third-order valence-corrected chi connectivity index (χ3v) is 10.00. The van der Waals surface area contributed by atoms with Crippen molar-refractivity contribution in [2.45, 2.75) is 87.9 Å². The molecule has 0 bridgehead atoms. The molecule has 0 aromatic carbocycles. The monoisotopic (exact) mass is 664 g/mol. The molecule has 1 saturated heterocycles. The van der Waals surface area contributed by atoms with Gasteiger partial charge < -0.3 is 10.6 Å². The fraction of sp³-hybridized carbons (Fsp3) is 0.552. The number of nitrogens with zero attached hydrogens (tertiary/aromatic N) is 6. The number of nitrogens with one attached hydrogen (secondary N) is 2. The van der Waals surface area contributed by atoms with Crippen LogP contribution in [0.25, 0.3) is 5.65 Å². The highest BCUT2D eigenvalue weighted by Crippen LogP contribution is 2.44. The predicted octanol–water partition coefficient (Wildman–Crippen LogP) is 4.97. The number of amides is 2. The standard InChI is InChI=1S/C29H29F5N8O3S/c30-28(31)5-3-17(4-6-28)22(39-25(43)24-23(16-1-2-16)40-45-41-24)18-14-42-20(37-18)9-15(13-36-42)10-27(12-21-35-7-8-46-21)11-19(29(32,33)34)38-26(27)44/h7-9,13-14,16-17,19,22H,1-6,10-12H2,(H,38,44)(H,39,43)/t19-,22-,27-/m0/s1. The lowest BCUT2D eigenvalue weighted by atomic mass is 9.76. The Labute approximate surface area is 262 Å². The maximum Gasteiger partial charge on any atom is 0.408 e. The van der Waals surface area contributed by atoms with Crippen molar-refractivity contribution in [2.75, 3.05) is 0 Å². The first-order valence-corrected chi connectivity index (χ1v) is 15.9. The predicted molar refractivity (Wildman–Crippen MR) is 151 cm³/mol. The number of alkyl halides is 5. The molecule has 244 valence electrons. The van der Waals surface area contributed by atoms with Gasteiger partial charge in [-0.15, -0.1) is 11.3 Å². The van der Waals surface area contributed by atoms with Gasteiger partial charge in [0.25, 0.3) is 5.91 Å². The number of hydrogen-bond acceptors (Lipinski definition) is 9. The van der Waals surface area contributed by atoms with Crippen molar-refractivity contribution in [1.82, 2.24) is 40.5 Å². The van der Waals surface area contributed by atoms with Crippen LogP contribution in [0.4, 0.5) is 22.0 Å². The Morgan fingerprint density at radius 2 is 1.96 bits per heavy atom. The fourth-order valence-corrected chi connectivity index (χ4v) is 7.39. The van der Waals surface area contributed by atoms with Crippen LogP contribution in [0.15, 0.2) is 34.7 Å². The molecule has 5 heterocycles. The van der Waals surface area contributed by atoms with Gasteiger partial charge in [-0.25, -0.2) is 27.9 Å². The van der Waals surface area contributed by atoms with Crippen LogP contribution in [0.1, 0.15) is 89.4 Å². The number of hydrogen-bond donors (Lipinski definition) is 2. The van der Waals surface area contributed by atoms with Crippen molar-refractivity contribution >= 4 is 28.8 Å². The van der Waals surface area contributed by atoms with Gasteiger partial charge in [0.2, 0.25) is 11.8 Å². The number of halogens is 5. The Balaban J connectivity index is 1.18. The number of carbonyl (C=O) groups excluding carboxylic acids is 2. The molecule has 2 amide bonds. The zero-order valence-electron chi connectivity index (χ0n) is 24.3. The van der Waals surface area contributed by atoms with Crippen molar-refractivity contribution in [3.8, 4) is 0 Å². The topological polar surface area (TPSA) is 140 Å². The van der Waals surface area contributed by atoms with Crippen LogP contribution in [0.3, 0.4) is 0 Å². The molecular formula is C29H29F5N8O3S. The summed E-state index contributed by atoms with van der Waals surface area (Å²) in [6.45, 7) is 0. The third kappa shape index (κ3) is 6.08. The normalized spacial score (nSPS) is 24.3. The van der Waals surface area contributed by atoms with E-state index in [0.717, 1.165) is 12.8 Å². The molecule has 2 saturated carbocycles. The van der Waals surface area contributed by atoms with Crippen molar-refractivity contribution in [2.24, 2.45) is 11.3 Å². The van der Waals surface area contributed by atoms with E-state index in [1.165, 1.54) is 28.2 Å². The van der Waals surface area contributed by atoms with Gasteiger partial charge in [-0.05, 0) is 61.2 Å². The molecule has 0 spiro atoms. The Morgan fingerprint density at radius 1 is 1.17 bits per heavy atom. The highest BCUT2D eigenvalue weighted by Gasteiger charge is 2.55. The van der Waals surface area contributed by atoms with E-state index < -0.39 is 47.8 Å². The quantitative estimate of drug-likeness (QED) is 0.239. The summed E-state index contributed by atoms with van der Waals surface area (Å²) in [6, 6.07) is -1.11. The summed E-state index contributed by atoms with van der Waals surface area (Å²) in [4.78, 5) is 35.4. The van der Waals surface area contributed by atoms with E-state index in [4.69, 9.17) is 4.63 Å². The molecule has 2 aliphatic carbocycles. The van der Waals surface area contributed by atoms with Gasteiger partial charge in [-0.2, -0.15) is 18.3 Å². The third-order valence-electron chi connectivity index (χ3n) is 9.22. The smallest absolute Gasteiger partial charge is 0.344 e. The minimum Gasteiger partial charge on any atom is -0.344 e. The van der Waals surface area contributed by atoms with Gasteiger partial charge in [-0.1, -0.05) is 5.16 Å². The molecule has 3 fully saturated rings. The van der Waals surface area contributed by atoms with Crippen LogP contribution in [0, 0.1) is 11.3 Å². The SMILES string of the molecule is O=C(N[C@H](c1cn2ncc(C[C@@]3(Cc4nccs4)C[C@@H](C(F)(F)F)NC3=O)cc2n1)C1CCC(F)(F)CC1)c1nonc1C1CC1. The number of thiazole rings is 1. The highest BCUT2D eigenvalue weighted by molar-refractivity contribution is 7.09. The fourth-order valence-electron chi connectivity index (χ4n) is 6.63. The van der Waals surface area contributed by atoms with Crippen LogP contribution in [0.5, 0.6) is 0 Å². The van der Waals surface area contributed by atoms with Gasteiger partial charge in [0.05, 0.1) is 34.6 Å². The van der Waals surface area contributed by atoms with E-state index in [0.29, 0.717) is 27.6 Å². The number of imidazole rings is 1. The average molecular weight is 665 g/mol. The molecule has 4 aromatic rings. The molecule has 11 nitrogen and oxygen atoms in total. The lowest BCUT2D eigenvalue weighted by molar-refractivity contribution is -0.155. The van der Waals surface area contributed by atoms with E-state index in [1.54, 1.807) is 17.6 Å². The Morgan fingerprint density at radius 3 is 2.63 bits per heavy atom. The summed E-state index contributed by atoms with van der Waals surface area (Å²) in [5, 5.41) is 19.4. The minimum atomic E-state index is -4.61. The molecule has 3 atom stereocenters. The van der Waals surface area contributed by atoms with Crippen LogP contribution in [-0.2, 0) is 17.6 Å². The van der Waals surface area contributed by atoms with E-state index >= 15 is 0 Å². The first-order chi connectivity index (χ1) is 21.9. The zero-order valence-corrected chi connectivity index (χ0v) is 25.1. The number of rotatable bonds is 9. The van der Waals surface area contributed by atoms with E-state index in [2.05, 4.69) is 36.0 Å². The number of fused-ring (bicyclic) bond motifs is 1. The summed E-state index contributed by atoms with van der Waals surface area (Å²) in [5.74, 6) is -4.32. The second kappa shape index (κ2) is 11.3. The second-order valence-electron chi connectivity index (χ2n) is 12.6. The first kappa shape index (κ1) is 30.6. The van der Waals surface area contributed by atoms with E-state index in [9.17, 15) is 31.5 Å². The molecule has 4 aromatic heterocycles. The summed E-state index contributed by atoms with van der Waals surface area (Å²) in [5.41, 5.74) is 0.288. The van der Waals surface area contributed by atoms with Crippen LogP contribution >= 0.6 is 11.3 Å². The van der Waals surface area contributed by atoms with Gasteiger partial charge in [-0.3, -0.25) is 9.59 Å². The van der Waals surface area contributed by atoms with Crippen LogP contribution in [0.2, 0.25) is 0 Å². The molecule has 46 heavy (non-hydrogen) atoms. The molecule has 7 rings (SSSR count). The van der Waals surface area contributed by atoms with Gasteiger partial charge in [0.1, 0.15) is 11.7 Å². The largest absolute Gasteiger partial charge is 0.408 e. The molecule has 1 aliphatic heterocycles. The highest BCUT2D eigenvalue weighted by atomic mass is 32.1. The molecule has 17 heteroatoms. The van der Waals surface area contributed by atoms with Crippen LogP contribution in [-0.4, -0.2) is 59.9 Å². The second-order valence-corrected chi connectivity index (χ2v) is 13.6. The van der Waals surface area contributed by atoms with Crippen molar-refractivity contribution in [3.05, 3.63) is 57.7 Å². The summed E-state index contributed by atoms with van der Waals surface area (Å²) in [7, 11) is 0. The zero-order chi connectivity index (χ0) is 32.3. The summed E-state index contributed by atoms with van der Waals surface area (Å²) in [6.07, 6.45) is 0.853. The van der Waals surface area contributed by atoms with Gasteiger partial charge in [0.15, 0.2) is 11.3 Å². The molecule has 0 radical (unpaired) electrons. The van der Waals surface area contributed by atoms with Crippen molar-refractivity contribution in [1.29, 1.82) is 0 Å². The van der Waals surface area contributed by atoms with Gasteiger partial charge >= 0.3 is 6.18 Å². The average Bonchev–Trinajstić information content (AvgIpc) is 3.37. The van der Waals surface area contributed by atoms with Crippen molar-refractivity contribution < 1.29 is 36.2 Å². The molecule has 0 unspecified atom stereocenters. The molecule has 3 aliphatic rings. The minimum absolute atomic E-state index is 0.0219. The summed E-state index contributed by atoms with van der Waals surface area (Å²) >= 11 is 1.26. The van der Waals surface area contributed by atoms with Gasteiger partial charge in [0, 0.05) is 36.8 Å². The first-order valence-electron chi connectivity index (χ1n) is 15.0. The van der Waals surface area contributed by atoms with E-state index in [1.807, 2.05) is 0 Å². The van der Waals surface area contributed by atoms with Crippen molar-refractivity contribution in [3.63, 3.8) is 0 Å². The number of aromatic nitrogens is 6. The maximum atomic E-state index is 14.1.